The Balaban J connectivity index is 1.35. The number of rotatable bonds is 3. The fourth-order valence-corrected chi connectivity index (χ4v) is 3.56. The Morgan fingerprint density at radius 2 is 1.68 bits per heavy atom. The molecule has 0 spiro atoms. The molecular formula is C18H21N7. The van der Waals surface area contributed by atoms with Crippen LogP contribution in [-0.2, 0) is 0 Å². The number of anilines is 1. The molecule has 7 heteroatoms. The smallest absolute Gasteiger partial charge is 0.225 e. The Morgan fingerprint density at radius 3 is 2.40 bits per heavy atom. The third-order valence-corrected chi connectivity index (χ3v) is 5.21. The highest BCUT2D eigenvalue weighted by molar-refractivity contribution is 5.38. The maximum Gasteiger partial charge on any atom is 0.225 e. The summed E-state index contributed by atoms with van der Waals surface area (Å²) in [4.78, 5) is 11.1. The predicted octanol–water partition coefficient (Wildman–Crippen LogP) is 2.48. The first-order valence-electron chi connectivity index (χ1n) is 9.04. The van der Waals surface area contributed by atoms with Crippen LogP contribution in [0.3, 0.4) is 0 Å². The van der Waals surface area contributed by atoms with Crippen LogP contribution in [0.4, 0.5) is 5.95 Å². The fourth-order valence-electron chi connectivity index (χ4n) is 3.56. The van der Waals surface area contributed by atoms with Gasteiger partial charge >= 0.3 is 0 Å². The largest absolute Gasteiger partial charge is 0.341 e. The second-order valence-electron chi connectivity index (χ2n) is 7.18. The first-order chi connectivity index (χ1) is 12.3. The van der Waals surface area contributed by atoms with Crippen molar-refractivity contribution in [1.29, 1.82) is 0 Å². The van der Waals surface area contributed by atoms with Gasteiger partial charge in [0.05, 0.1) is 5.69 Å². The van der Waals surface area contributed by atoms with Crippen LogP contribution in [0.5, 0.6) is 0 Å². The van der Waals surface area contributed by atoms with Crippen LogP contribution >= 0.6 is 0 Å². The van der Waals surface area contributed by atoms with E-state index in [0.29, 0.717) is 11.8 Å². The summed E-state index contributed by atoms with van der Waals surface area (Å²) in [5.41, 5.74) is 3.12. The molecule has 0 radical (unpaired) electrons. The van der Waals surface area contributed by atoms with Crippen molar-refractivity contribution in [3.8, 4) is 0 Å². The molecule has 0 atom stereocenters. The molecule has 3 aromatic rings. The predicted molar refractivity (Wildman–Crippen MR) is 93.7 cm³/mol. The number of hydrogen-bond donors (Lipinski definition) is 0. The summed E-state index contributed by atoms with van der Waals surface area (Å²) in [6.45, 7) is 3.88. The maximum atomic E-state index is 4.81. The van der Waals surface area contributed by atoms with Gasteiger partial charge in [0.2, 0.25) is 5.95 Å². The summed E-state index contributed by atoms with van der Waals surface area (Å²) in [6.07, 6.45) is 8.31. The van der Waals surface area contributed by atoms with Crippen molar-refractivity contribution in [2.45, 2.75) is 44.4 Å². The number of aryl methyl sites for hydroxylation is 1. The van der Waals surface area contributed by atoms with Crippen molar-refractivity contribution < 1.29 is 0 Å². The average Bonchev–Trinajstić information content (AvgIpc) is 3.42. The highest BCUT2D eigenvalue weighted by Crippen LogP contribution is 2.39. The van der Waals surface area contributed by atoms with E-state index in [1.807, 2.05) is 29.9 Å². The molecule has 0 unspecified atom stereocenters. The molecule has 7 nitrogen and oxygen atoms in total. The Kier molecular flexibility index (Phi) is 3.39. The van der Waals surface area contributed by atoms with Crippen LogP contribution in [0.25, 0.3) is 5.65 Å². The maximum absolute atomic E-state index is 4.81. The minimum Gasteiger partial charge on any atom is -0.341 e. The van der Waals surface area contributed by atoms with E-state index in [1.54, 1.807) is 0 Å². The molecule has 0 bridgehead atoms. The van der Waals surface area contributed by atoms with Crippen molar-refractivity contribution >= 4 is 11.6 Å². The molecule has 1 aliphatic heterocycles. The standard InChI is InChI=1S/C18H21N7/c1-12-10-19-18(20-11-12)24-8-6-14(7-9-24)17-22-21-16-5-4-15(13-2-3-13)23-25(16)17/h4-5,10-11,13-14H,2-3,6-9H2,1H3. The van der Waals surface area contributed by atoms with E-state index >= 15 is 0 Å². The first kappa shape index (κ1) is 14.7. The first-order valence-corrected chi connectivity index (χ1v) is 9.04. The van der Waals surface area contributed by atoms with Gasteiger partial charge in [0.15, 0.2) is 11.5 Å². The summed E-state index contributed by atoms with van der Waals surface area (Å²) in [7, 11) is 0. The molecule has 1 aliphatic carbocycles. The van der Waals surface area contributed by atoms with Gasteiger partial charge in [-0.2, -0.15) is 9.61 Å². The van der Waals surface area contributed by atoms with E-state index in [4.69, 9.17) is 5.10 Å². The van der Waals surface area contributed by atoms with Crippen LogP contribution in [0, 0.1) is 6.92 Å². The van der Waals surface area contributed by atoms with Crippen molar-refractivity contribution in [2.24, 2.45) is 0 Å². The van der Waals surface area contributed by atoms with E-state index in [1.165, 1.54) is 18.5 Å². The average molecular weight is 335 g/mol. The minimum atomic E-state index is 0.388. The summed E-state index contributed by atoms with van der Waals surface area (Å²) in [5.74, 6) is 2.85. The zero-order valence-corrected chi connectivity index (χ0v) is 14.3. The molecule has 0 aromatic carbocycles. The number of piperidine rings is 1. The summed E-state index contributed by atoms with van der Waals surface area (Å²) in [6, 6.07) is 4.15. The minimum absolute atomic E-state index is 0.388. The normalized spacial score (nSPS) is 18.8. The summed E-state index contributed by atoms with van der Waals surface area (Å²) >= 11 is 0. The van der Waals surface area contributed by atoms with Gasteiger partial charge in [-0.25, -0.2) is 9.97 Å². The Bertz CT molecular complexity index is 889. The molecule has 128 valence electrons. The lowest BCUT2D eigenvalue weighted by Gasteiger charge is -2.31. The lowest BCUT2D eigenvalue weighted by molar-refractivity contribution is 0.472. The lowest BCUT2D eigenvalue weighted by atomic mass is 9.96. The second-order valence-corrected chi connectivity index (χ2v) is 7.18. The fraction of sp³-hybridized carbons (Fsp3) is 0.500. The molecule has 4 heterocycles. The van der Waals surface area contributed by atoms with E-state index in [-0.39, 0.29) is 0 Å². The van der Waals surface area contributed by atoms with Gasteiger partial charge in [-0.1, -0.05) is 0 Å². The second kappa shape index (κ2) is 5.75. The Hall–Kier alpha value is -2.57. The molecule has 1 saturated heterocycles. The van der Waals surface area contributed by atoms with Crippen molar-refractivity contribution in [3.63, 3.8) is 0 Å². The number of fused-ring (bicyclic) bond motifs is 1. The molecule has 2 aliphatic rings. The zero-order chi connectivity index (χ0) is 16.8. The van der Waals surface area contributed by atoms with Crippen LogP contribution in [0.2, 0.25) is 0 Å². The summed E-state index contributed by atoms with van der Waals surface area (Å²) in [5, 5.41) is 13.6. The van der Waals surface area contributed by atoms with Gasteiger partial charge in [0.1, 0.15) is 0 Å². The molecule has 2 fully saturated rings. The number of hydrogen-bond acceptors (Lipinski definition) is 6. The van der Waals surface area contributed by atoms with E-state index < -0.39 is 0 Å². The quantitative estimate of drug-likeness (QED) is 0.732. The van der Waals surface area contributed by atoms with Crippen LogP contribution in [0.1, 0.15) is 54.6 Å². The van der Waals surface area contributed by atoms with Gasteiger partial charge in [-0.05, 0) is 50.3 Å². The van der Waals surface area contributed by atoms with Gasteiger partial charge in [0.25, 0.3) is 0 Å². The van der Waals surface area contributed by atoms with Gasteiger partial charge in [-0.15, -0.1) is 10.2 Å². The third-order valence-electron chi connectivity index (χ3n) is 5.21. The van der Waals surface area contributed by atoms with Crippen LogP contribution in [-0.4, -0.2) is 42.9 Å². The third kappa shape index (κ3) is 2.73. The Labute approximate surface area is 146 Å². The highest BCUT2D eigenvalue weighted by Gasteiger charge is 2.28. The van der Waals surface area contributed by atoms with Gasteiger partial charge in [-0.3, -0.25) is 0 Å². The SMILES string of the molecule is Cc1cnc(N2CCC(c3nnc4ccc(C5CC5)nn34)CC2)nc1. The Morgan fingerprint density at radius 1 is 0.920 bits per heavy atom. The van der Waals surface area contributed by atoms with Gasteiger partial charge in [0, 0.05) is 37.3 Å². The molecule has 25 heavy (non-hydrogen) atoms. The molecule has 1 saturated carbocycles. The summed E-state index contributed by atoms with van der Waals surface area (Å²) < 4.78 is 1.97. The molecular weight excluding hydrogens is 314 g/mol. The van der Waals surface area contributed by atoms with E-state index in [9.17, 15) is 0 Å². The van der Waals surface area contributed by atoms with Gasteiger partial charge < -0.3 is 4.90 Å². The highest BCUT2D eigenvalue weighted by atomic mass is 15.4. The van der Waals surface area contributed by atoms with Crippen LogP contribution in [0.15, 0.2) is 24.5 Å². The van der Waals surface area contributed by atoms with E-state index in [0.717, 1.165) is 48.9 Å². The molecule has 0 amide bonds. The molecule has 0 N–H and O–H groups in total. The number of nitrogens with zero attached hydrogens (tertiary/aromatic N) is 7. The zero-order valence-electron chi connectivity index (χ0n) is 14.3. The van der Waals surface area contributed by atoms with Crippen molar-refractivity contribution in [3.05, 3.63) is 41.6 Å². The monoisotopic (exact) mass is 335 g/mol. The van der Waals surface area contributed by atoms with E-state index in [2.05, 4.69) is 31.1 Å². The topological polar surface area (TPSA) is 72.1 Å². The van der Waals surface area contributed by atoms with Crippen molar-refractivity contribution in [1.82, 2.24) is 29.8 Å². The lowest BCUT2D eigenvalue weighted by Crippen LogP contribution is -2.34. The number of aromatic nitrogens is 6. The molecule has 3 aromatic heterocycles. The van der Waals surface area contributed by atoms with Crippen LogP contribution < -0.4 is 4.90 Å². The molecule has 5 rings (SSSR count). The van der Waals surface area contributed by atoms with Crippen molar-refractivity contribution in [2.75, 3.05) is 18.0 Å².